The van der Waals surface area contributed by atoms with E-state index >= 15 is 0 Å². The number of rotatable bonds is 5. The lowest BCUT2D eigenvalue weighted by molar-refractivity contribution is 0.383. The number of aromatic nitrogens is 1. The van der Waals surface area contributed by atoms with Crippen LogP contribution in [0.2, 0.25) is 0 Å². The van der Waals surface area contributed by atoms with E-state index in [1.807, 2.05) is 0 Å². The van der Waals surface area contributed by atoms with Crippen LogP contribution in [-0.4, -0.2) is 17.6 Å². The van der Waals surface area contributed by atoms with Crippen LogP contribution < -0.4 is 5.32 Å². The monoisotopic (exact) mass is 224 g/mol. The van der Waals surface area contributed by atoms with Gasteiger partial charge in [0.25, 0.3) is 0 Å². The van der Waals surface area contributed by atoms with E-state index in [1.165, 1.54) is 23.5 Å². The topological polar surface area (TPSA) is 24.9 Å². The zero-order valence-electron chi connectivity index (χ0n) is 9.84. The highest BCUT2D eigenvalue weighted by atomic mass is 32.1. The normalized spacial score (nSPS) is 20.2. The Morgan fingerprint density at radius 3 is 2.87 bits per heavy atom. The van der Waals surface area contributed by atoms with E-state index in [0.29, 0.717) is 11.5 Å². The summed E-state index contributed by atoms with van der Waals surface area (Å²) in [5.74, 6) is 0. The molecule has 1 aliphatic carbocycles. The van der Waals surface area contributed by atoms with Gasteiger partial charge in [0.2, 0.25) is 0 Å². The van der Waals surface area contributed by atoms with Gasteiger partial charge in [-0.1, -0.05) is 6.92 Å². The molecule has 1 atom stereocenters. The van der Waals surface area contributed by atoms with Gasteiger partial charge >= 0.3 is 0 Å². The maximum absolute atomic E-state index is 4.46. The van der Waals surface area contributed by atoms with E-state index in [2.05, 4.69) is 36.5 Å². The van der Waals surface area contributed by atoms with Gasteiger partial charge in [0.15, 0.2) is 0 Å². The molecule has 0 aliphatic heterocycles. The Morgan fingerprint density at radius 1 is 1.60 bits per heavy atom. The van der Waals surface area contributed by atoms with Crippen LogP contribution in [0.25, 0.3) is 0 Å². The van der Waals surface area contributed by atoms with Crippen molar-refractivity contribution in [3.8, 4) is 0 Å². The molecular weight excluding hydrogens is 204 g/mol. The molecule has 1 aromatic rings. The van der Waals surface area contributed by atoms with Crippen molar-refractivity contribution in [3.05, 3.63) is 16.1 Å². The van der Waals surface area contributed by atoms with Gasteiger partial charge in [-0.3, -0.25) is 0 Å². The third-order valence-electron chi connectivity index (χ3n) is 3.58. The Balaban J connectivity index is 1.71. The van der Waals surface area contributed by atoms with Gasteiger partial charge in [0, 0.05) is 24.4 Å². The second-order valence-corrected chi connectivity index (χ2v) is 6.00. The molecule has 1 aliphatic rings. The first kappa shape index (κ1) is 11.1. The zero-order chi connectivity index (χ0) is 10.9. The Labute approximate surface area is 96.1 Å². The van der Waals surface area contributed by atoms with Crippen molar-refractivity contribution in [3.63, 3.8) is 0 Å². The van der Waals surface area contributed by atoms with Crippen LogP contribution in [0.1, 0.15) is 37.4 Å². The van der Waals surface area contributed by atoms with Crippen LogP contribution in [0.4, 0.5) is 0 Å². The summed E-state index contributed by atoms with van der Waals surface area (Å²) < 4.78 is 0. The third-order valence-corrected chi connectivity index (χ3v) is 4.40. The predicted molar refractivity (Wildman–Crippen MR) is 65.4 cm³/mol. The molecule has 1 unspecified atom stereocenters. The van der Waals surface area contributed by atoms with Gasteiger partial charge in [0.1, 0.15) is 0 Å². The molecule has 1 N–H and O–H groups in total. The fraction of sp³-hybridized carbons (Fsp3) is 0.750. The molecule has 1 aromatic heterocycles. The molecule has 0 amide bonds. The van der Waals surface area contributed by atoms with Gasteiger partial charge in [-0.05, 0) is 32.1 Å². The number of nitrogens with zero attached hydrogens (tertiary/aromatic N) is 1. The van der Waals surface area contributed by atoms with E-state index < -0.39 is 0 Å². The van der Waals surface area contributed by atoms with Gasteiger partial charge < -0.3 is 5.32 Å². The fourth-order valence-electron chi connectivity index (χ4n) is 1.82. The molecule has 0 saturated heterocycles. The highest BCUT2D eigenvalue weighted by Crippen LogP contribution is 2.47. The minimum absolute atomic E-state index is 0.581. The number of aryl methyl sites for hydroxylation is 1. The summed E-state index contributed by atoms with van der Waals surface area (Å²) in [5, 5.41) is 6.95. The van der Waals surface area contributed by atoms with Crippen molar-refractivity contribution in [1.82, 2.24) is 10.3 Å². The molecule has 15 heavy (non-hydrogen) atoms. The van der Waals surface area contributed by atoms with Crippen molar-refractivity contribution in [2.24, 2.45) is 5.41 Å². The summed E-state index contributed by atoms with van der Waals surface area (Å²) in [5.41, 5.74) is 1.82. The van der Waals surface area contributed by atoms with Crippen LogP contribution in [-0.2, 0) is 6.42 Å². The Hall–Kier alpha value is -0.410. The van der Waals surface area contributed by atoms with Crippen molar-refractivity contribution in [2.75, 3.05) is 6.54 Å². The number of nitrogens with one attached hydrogen (secondary N) is 1. The molecule has 0 spiro atoms. The molecular formula is C12H20N2S. The SMILES string of the molecule is Cc1nc(CCNC(C)C2(C)CC2)cs1. The van der Waals surface area contributed by atoms with Gasteiger partial charge in [-0.2, -0.15) is 0 Å². The number of hydrogen-bond acceptors (Lipinski definition) is 3. The summed E-state index contributed by atoms with van der Waals surface area (Å²) >= 11 is 1.74. The Morgan fingerprint density at radius 2 is 2.33 bits per heavy atom. The summed E-state index contributed by atoms with van der Waals surface area (Å²) in [4.78, 5) is 4.46. The summed E-state index contributed by atoms with van der Waals surface area (Å²) in [7, 11) is 0. The van der Waals surface area contributed by atoms with E-state index in [4.69, 9.17) is 0 Å². The second kappa shape index (κ2) is 4.22. The third kappa shape index (κ3) is 2.79. The first-order valence-corrected chi connectivity index (χ1v) is 6.62. The van der Waals surface area contributed by atoms with Crippen molar-refractivity contribution >= 4 is 11.3 Å². The summed E-state index contributed by atoms with van der Waals surface area (Å²) in [6.07, 6.45) is 3.83. The predicted octanol–water partition coefficient (Wildman–Crippen LogP) is 2.77. The number of hydrogen-bond donors (Lipinski definition) is 1. The van der Waals surface area contributed by atoms with Crippen LogP contribution in [0.3, 0.4) is 0 Å². The molecule has 0 radical (unpaired) electrons. The molecule has 2 nitrogen and oxygen atoms in total. The van der Waals surface area contributed by atoms with Crippen LogP contribution in [0.15, 0.2) is 5.38 Å². The first-order chi connectivity index (χ1) is 7.10. The van der Waals surface area contributed by atoms with Crippen molar-refractivity contribution in [1.29, 1.82) is 0 Å². The maximum atomic E-state index is 4.46. The van der Waals surface area contributed by atoms with Crippen LogP contribution in [0.5, 0.6) is 0 Å². The summed E-state index contributed by atoms with van der Waals surface area (Å²) in [6, 6.07) is 0.650. The average Bonchev–Trinajstić information content (AvgIpc) is 2.81. The molecule has 1 heterocycles. The molecule has 1 fully saturated rings. The second-order valence-electron chi connectivity index (χ2n) is 4.94. The van der Waals surface area contributed by atoms with E-state index in [-0.39, 0.29) is 0 Å². The zero-order valence-corrected chi connectivity index (χ0v) is 10.7. The Kier molecular flexibility index (Phi) is 3.12. The standard InChI is InChI=1S/C12H20N2S/c1-9(12(3)5-6-12)13-7-4-11-8-15-10(2)14-11/h8-9,13H,4-7H2,1-3H3. The largest absolute Gasteiger partial charge is 0.313 e. The van der Waals surface area contributed by atoms with Crippen LogP contribution in [0, 0.1) is 12.3 Å². The highest BCUT2D eigenvalue weighted by Gasteiger charge is 2.41. The molecule has 0 bridgehead atoms. The fourth-order valence-corrected chi connectivity index (χ4v) is 2.46. The minimum Gasteiger partial charge on any atom is -0.313 e. The maximum Gasteiger partial charge on any atom is 0.0897 e. The van der Waals surface area contributed by atoms with Crippen LogP contribution >= 0.6 is 11.3 Å². The van der Waals surface area contributed by atoms with E-state index in [9.17, 15) is 0 Å². The molecule has 2 rings (SSSR count). The quantitative estimate of drug-likeness (QED) is 0.832. The smallest absolute Gasteiger partial charge is 0.0897 e. The van der Waals surface area contributed by atoms with E-state index in [0.717, 1.165) is 13.0 Å². The van der Waals surface area contributed by atoms with Crippen molar-refractivity contribution in [2.45, 2.75) is 46.1 Å². The molecule has 3 heteroatoms. The summed E-state index contributed by atoms with van der Waals surface area (Å²) in [6.45, 7) is 7.80. The lowest BCUT2D eigenvalue weighted by Crippen LogP contribution is -2.34. The lowest BCUT2D eigenvalue weighted by Gasteiger charge is -2.19. The number of thiazole rings is 1. The minimum atomic E-state index is 0.581. The molecule has 1 saturated carbocycles. The first-order valence-electron chi connectivity index (χ1n) is 5.74. The van der Waals surface area contributed by atoms with Gasteiger partial charge in [0.05, 0.1) is 10.7 Å². The Bertz CT molecular complexity index is 328. The van der Waals surface area contributed by atoms with Gasteiger partial charge in [-0.25, -0.2) is 4.98 Å². The molecule has 0 aromatic carbocycles. The molecule has 84 valence electrons. The average molecular weight is 224 g/mol. The van der Waals surface area contributed by atoms with Gasteiger partial charge in [-0.15, -0.1) is 11.3 Å². The highest BCUT2D eigenvalue weighted by molar-refractivity contribution is 7.09. The lowest BCUT2D eigenvalue weighted by atomic mass is 10.0. The van der Waals surface area contributed by atoms with E-state index in [1.54, 1.807) is 11.3 Å². The van der Waals surface area contributed by atoms with Crippen molar-refractivity contribution < 1.29 is 0 Å².